The Balaban J connectivity index is 2.48. The maximum absolute atomic E-state index is 4.48. The summed E-state index contributed by atoms with van der Waals surface area (Å²) >= 11 is 0. The first-order valence-corrected chi connectivity index (χ1v) is 5.29. The van der Waals surface area contributed by atoms with E-state index in [4.69, 9.17) is 0 Å². The predicted molar refractivity (Wildman–Crippen MR) is 66.5 cm³/mol. The molecule has 3 heteroatoms. The molecule has 0 radical (unpaired) electrons. The highest BCUT2D eigenvalue weighted by Crippen LogP contribution is 2.19. The van der Waals surface area contributed by atoms with Crippen molar-refractivity contribution in [3.8, 4) is 11.4 Å². The van der Waals surface area contributed by atoms with Crippen molar-refractivity contribution in [2.45, 2.75) is 13.8 Å². The molecule has 1 N–H and O–H groups in total. The van der Waals surface area contributed by atoms with Gasteiger partial charge in [-0.3, -0.25) is 0 Å². The molecule has 1 aromatic carbocycles. The highest BCUT2D eigenvalue weighted by Gasteiger charge is 2.04. The lowest BCUT2D eigenvalue weighted by Crippen LogP contribution is -1.99. The Morgan fingerprint density at radius 2 is 2.00 bits per heavy atom. The molecule has 3 nitrogen and oxygen atoms in total. The average Bonchev–Trinajstić information content (AvgIpc) is 2.29. The molecule has 82 valence electrons. The molecule has 0 amide bonds. The van der Waals surface area contributed by atoms with Crippen LogP contribution in [0.15, 0.2) is 30.5 Å². The van der Waals surface area contributed by atoms with E-state index >= 15 is 0 Å². The first kappa shape index (κ1) is 10.6. The summed E-state index contributed by atoms with van der Waals surface area (Å²) in [7, 11) is 1.87. The minimum Gasteiger partial charge on any atom is -0.373 e. The summed E-state index contributed by atoms with van der Waals surface area (Å²) in [5.74, 6) is 1.64. The number of benzene rings is 1. The lowest BCUT2D eigenvalue weighted by molar-refractivity contribution is 1.13. The van der Waals surface area contributed by atoms with Gasteiger partial charge in [-0.25, -0.2) is 9.97 Å². The number of hydrogen-bond acceptors (Lipinski definition) is 3. The van der Waals surface area contributed by atoms with Gasteiger partial charge in [-0.2, -0.15) is 0 Å². The zero-order valence-electron chi connectivity index (χ0n) is 9.78. The zero-order chi connectivity index (χ0) is 11.5. The van der Waals surface area contributed by atoms with E-state index in [1.807, 2.05) is 32.3 Å². The fourth-order valence-corrected chi connectivity index (χ4v) is 1.62. The summed E-state index contributed by atoms with van der Waals surface area (Å²) in [6.45, 7) is 4.06. The zero-order valence-corrected chi connectivity index (χ0v) is 9.78. The van der Waals surface area contributed by atoms with Crippen LogP contribution < -0.4 is 5.32 Å². The molecule has 16 heavy (non-hydrogen) atoms. The van der Waals surface area contributed by atoms with Crippen LogP contribution in [0, 0.1) is 13.8 Å². The van der Waals surface area contributed by atoms with Crippen molar-refractivity contribution in [1.29, 1.82) is 0 Å². The van der Waals surface area contributed by atoms with Gasteiger partial charge in [-0.15, -0.1) is 0 Å². The maximum Gasteiger partial charge on any atom is 0.161 e. The number of rotatable bonds is 2. The van der Waals surface area contributed by atoms with Crippen molar-refractivity contribution in [2.24, 2.45) is 0 Å². The summed E-state index contributed by atoms with van der Waals surface area (Å²) in [6.07, 6.45) is 1.84. The Labute approximate surface area is 95.6 Å². The van der Waals surface area contributed by atoms with E-state index < -0.39 is 0 Å². The lowest BCUT2D eigenvalue weighted by atomic mass is 10.1. The lowest BCUT2D eigenvalue weighted by Gasteiger charge is -2.06. The number of aromatic nitrogens is 2. The van der Waals surface area contributed by atoms with Crippen molar-refractivity contribution in [2.75, 3.05) is 12.4 Å². The Morgan fingerprint density at radius 3 is 2.69 bits per heavy atom. The SMILES string of the molecule is CNc1nc(-c2cccc(C)c2)ncc1C. The van der Waals surface area contributed by atoms with E-state index in [0.717, 1.165) is 22.8 Å². The highest BCUT2D eigenvalue weighted by molar-refractivity contribution is 5.59. The van der Waals surface area contributed by atoms with E-state index in [1.54, 1.807) is 0 Å². The molecule has 0 aliphatic heterocycles. The normalized spacial score (nSPS) is 10.2. The molecule has 0 saturated carbocycles. The molecule has 0 aliphatic rings. The van der Waals surface area contributed by atoms with Gasteiger partial charge in [0.2, 0.25) is 0 Å². The molecule has 2 rings (SSSR count). The fraction of sp³-hybridized carbons (Fsp3) is 0.231. The topological polar surface area (TPSA) is 37.8 Å². The summed E-state index contributed by atoms with van der Waals surface area (Å²) in [6, 6.07) is 8.20. The maximum atomic E-state index is 4.48. The second-order valence-corrected chi connectivity index (χ2v) is 3.84. The number of nitrogens with one attached hydrogen (secondary N) is 1. The highest BCUT2D eigenvalue weighted by atomic mass is 15.0. The summed E-state index contributed by atoms with van der Waals surface area (Å²) in [5, 5.41) is 3.07. The van der Waals surface area contributed by atoms with Crippen molar-refractivity contribution in [3.63, 3.8) is 0 Å². The van der Waals surface area contributed by atoms with Crippen LogP contribution in [0.5, 0.6) is 0 Å². The van der Waals surface area contributed by atoms with Crippen molar-refractivity contribution in [3.05, 3.63) is 41.6 Å². The van der Waals surface area contributed by atoms with Crippen LogP contribution in [0.4, 0.5) is 5.82 Å². The fourth-order valence-electron chi connectivity index (χ4n) is 1.62. The van der Waals surface area contributed by atoms with Gasteiger partial charge in [0.25, 0.3) is 0 Å². The van der Waals surface area contributed by atoms with Gasteiger partial charge in [-0.1, -0.05) is 23.8 Å². The van der Waals surface area contributed by atoms with E-state index in [1.165, 1.54) is 5.56 Å². The Morgan fingerprint density at radius 1 is 1.19 bits per heavy atom. The van der Waals surface area contributed by atoms with Crippen molar-refractivity contribution < 1.29 is 0 Å². The van der Waals surface area contributed by atoms with E-state index in [0.29, 0.717) is 0 Å². The number of anilines is 1. The molecule has 0 fully saturated rings. The molecule has 2 aromatic rings. The Hall–Kier alpha value is -1.90. The third kappa shape index (κ3) is 2.03. The van der Waals surface area contributed by atoms with Gasteiger partial charge in [0.05, 0.1) is 0 Å². The molecular formula is C13H15N3. The average molecular weight is 213 g/mol. The van der Waals surface area contributed by atoms with Gasteiger partial charge in [-0.05, 0) is 19.9 Å². The van der Waals surface area contributed by atoms with E-state index in [2.05, 4.69) is 34.3 Å². The van der Waals surface area contributed by atoms with Crippen LogP contribution in [0.2, 0.25) is 0 Å². The quantitative estimate of drug-likeness (QED) is 0.833. The third-order valence-corrected chi connectivity index (χ3v) is 2.48. The Kier molecular flexibility index (Phi) is 2.86. The minimum absolute atomic E-state index is 0.763. The van der Waals surface area contributed by atoms with Crippen molar-refractivity contribution in [1.82, 2.24) is 9.97 Å². The van der Waals surface area contributed by atoms with Gasteiger partial charge in [0, 0.05) is 24.4 Å². The minimum atomic E-state index is 0.763. The standard InChI is InChI=1S/C13H15N3/c1-9-5-4-6-11(7-9)13-15-8-10(2)12(14-3)16-13/h4-8H,1-3H3,(H,14,15,16). The molecular weight excluding hydrogens is 198 g/mol. The second kappa shape index (κ2) is 4.31. The summed E-state index contributed by atoms with van der Waals surface area (Å²) < 4.78 is 0. The van der Waals surface area contributed by atoms with E-state index in [-0.39, 0.29) is 0 Å². The van der Waals surface area contributed by atoms with Gasteiger partial charge >= 0.3 is 0 Å². The largest absolute Gasteiger partial charge is 0.373 e. The van der Waals surface area contributed by atoms with Gasteiger partial charge in [0.1, 0.15) is 5.82 Å². The molecule has 0 aliphatic carbocycles. The van der Waals surface area contributed by atoms with E-state index in [9.17, 15) is 0 Å². The molecule has 0 bridgehead atoms. The first-order chi connectivity index (χ1) is 7.70. The molecule has 0 unspecified atom stereocenters. The van der Waals surface area contributed by atoms with Crippen LogP contribution >= 0.6 is 0 Å². The summed E-state index contributed by atoms with van der Waals surface area (Å²) in [4.78, 5) is 8.83. The predicted octanol–water partition coefficient (Wildman–Crippen LogP) is 2.80. The first-order valence-electron chi connectivity index (χ1n) is 5.29. The molecule has 0 atom stereocenters. The third-order valence-electron chi connectivity index (χ3n) is 2.48. The molecule has 0 saturated heterocycles. The van der Waals surface area contributed by atoms with Crippen molar-refractivity contribution >= 4 is 5.82 Å². The van der Waals surface area contributed by atoms with Crippen LogP contribution in [0.1, 0.15) is 11.1 Å². The Bertz CT molecular complexity index is 506. The van der Waals surface area contributed by atoms with Gasteiger partial charge in [0.15, 0.2) is 5.82 Å². The number of aryl methyl sites for hydroxylation is 2. The van der Waals surface area contributed by atoms with Crippen LogP contribution in [-0.4, -0.2) is 17.0 Å². The number of hydrogen-bond donors (Lipinski definition) is 1. The summed E-state index contributed by atoms with van der Waals surface area (Å²) in [5.41, 5.74) is 3.32. The van der Waals surface area contributed by atoms with Gasteiger partial charge < -0.3 is 5.32 Å². The number of nitrogens with zero attached hydrogens (tertiary/aromatic N) is 2. The van der Waals surface area contributed by atoms with Crippen LogP contribution in [0.3, 0.4) is 0 Å². The molecule has 1 aromatic heterocycles. The smallest absolute Gasteiger partial charge is 0.161 e. The molecule has 1 heterocycles. The van der Waals surface area contributed by atoms with Crippen LogP contribution in [-0.2, 0) is 0 Å². The molecule has 0 spiro atoms. The second-order valence-electron chi connectivity index (χ2n) is 3.84. The monoisotopic (exact) mass is 213 g/mol. The van der Waals surface area contributed by atoms with Crippen LogP contribution in [0.25, 0.3) is 11.4 Å².